The molecule has 1 unspecified atom stereocenters. The zero-order valence-electron chi connectivity index (χ0n) is 12.7. The van der Waals surface area contributed by atoms with Gasteiger partial charge in [-0.15, -0.1) is 0 Å². The van der Waals surface area contributed by atoms with Crippen LogP contribution in [0.15, 0.2) is 0 Å². The summed E-state index contributed by atoms with van der Waals surface area (Å²) in [5, 5.41) is 3.37. The van der Waals surface area contributed by atoms with Crippen LogP contribution in [-0.4, -0.2) is 37.0 Å². The number of hydrogen-bond donors (Lipinski definition) is 1. The van der Waals surface area contributed by atoms with Crippen molar-refractivity contribution in [1.82, 2.24) is 10.2 Å². The smallest absolute Gasteiger partial charge is 0.222 e. The maximum absolute atomic E-state index is 12.4. The Balaban J connectivity index is 1.78. The van der Waals surface area contributed by atoms with Crippen LogP contribution in [0.1, 0.15) is 52.4 Å². The Morgan fingerprint density at radius 3 is 2.58 bits per heavy atom. The van der Waals surface area contributed by atoms with Crippen molar-refractivity contribution in [2.75, 3.05) is 26.2 Å². The van der Waals surface area contributed by atoms with Crippen LogP contribution in [0.3, 0.4) is 0 Å². The first-order valence-corrected chi connectivity index (χ1v) is 8.15. The molecule has 1 amide bonds. The molecule has 0 aromatic carbocycles. The third-order valence-electron chi connectivity index (χ3n) is 4.99. The first-order valence-electron chi connectivity index (χ1n) is 8.15. The SMILES string of the molecule is CC(C)C1CCCN(C(=O)CC2CCNCC2)CC1. The van der Waals surface area contributed by atoms with Crippen molar-refractivity contribution < 1.29 is 4.79 Å². The van der Waals surface area contributed by atoms with Gasteiger partial charge in [-0.25, -0.2) is 0 Å². The number of carbonyl (C=O) groups excluding carboxylic acids is 1. The number of amides is 1. The van der Waals surface area contributed by atoms with Gasteiger partial charge in [0, 0.05) is 19.5 Å². The lowest BCUT2D eigenvalue weighted by atomic mass is 9.89. The van der Waals surface area contributed by atoms with Gasteiger partial charge in [-0.3, -0.25) is 4.79 Å². The maximum Gasteiger partial charge on any atom is 0.222 e. The molecule has 0 saturated carbocycles. The minimum absolute atomic E-state index is 0.413. The van der Waals surface area contributed by atoms with E-state index in [1.165, 1.54) is 32.1 Å². The van der Waals surface area contributed by atoms with Gasteiger partial charge in [0.2, 0.25) is 5.91 Å². The number of rotatable bonds is 3. The lowest BCUT2D eigenvalue weighted by Crippen LogP contribution is -2.36. The molecule has 2 aliphatic heterocycles. The summed E-state index contributed by atoms with van der Waals surface area (Å²) in [7, 11) is 0. The molecule has 0 aromatic rings. The zero-order valence-corrected chi connectivity index (χ0v) is 12.7. The monoisotopic (exact) mass is 266 g/mol. The van der Waals surface area contributed by atoms with Crippen LogP contribution in [0.2, 0.25) is 0 Å². The second kappa shape index (κ2) is 7.28. The van der Waals surface area contributed by atoms with Crippen LogP contribution < -0.4 is 5.32 Å². The van der Waals surface area contributed by atoms with Crippen LogP contribution in [0, 0.1) is 17.8 Å². The Bertz CT molecular complexity index is 284. The highest BCUT2D eigenvalue weighted by molar-refractivity contribution is 5.76. The van der Waals surface area contributed by atoms with Crippen molar-refractivity contribution in [3.8, 4) is 0 Å². The fourth-order valence-corrected chi connectivity index (χ4v) is 3.50. The molecular weight excluding hydrogens is 236 g/mol. The van der Waals surface area contributed by atoms with Gasteiger partial charge in [0.25, 0.3) is 0 Å². The minimum atomic E-state index is 0.413. The molecule has 19 heavy (non-hydrogen) atoms. The van der Waals surface area contributed by atoms with Crippen LogP contribution >= 0.6 is 0 Å². The van der Waals surface area contributed by atoms with Gasteiger partial charge in [-0.2, -0.15) is 0 Å². The Morgan fingerprint density at radius 1 is 1.16 bits per heavy atom. The van der Waals surface area contributed by atoms with E-state index in [1.54, 1.807) is 0 Å². The summed E-state index contributed by atoms with van der Waals surface area (Å²) in [4.78, 5) is 14.5. The molecule has 3 nitrogen and oxygen atoms in total. The first kappa shape index (κ1) is 14.8. The van der Waals surface area contributed by atoms with E-state index in [0.717, 1.165) is 44.4 Å². The molecule has 110 valence electrons. The minimum Gasteiger partial charge on any atom is -0.343 e. The van der Waals surface area contributed by atoms with Crippen molar-refractivity contribution in [2.45, 2.75) is 52.4 Å². The van der Waals surface area contributed by atoms with E-state index in [2.05, 4.69) is 24.1 Å². The summed E-state index contributed by atoms with van der Waals surface area (Å²) >= 11 is 0. The lowest BCUT2D eigenvalue weighted by Gasteiger charge is -2.26. The van der Waals surface area contributed by atoms with Crippen LogP contribution in [0.5, 0.6) is 0 Å². The normalized spacial score (nSPS) is 26.5. The highest BCUT2D eigenvalue weighted by Crippen LogP contribution is 2.25. The number of nitrogens with zero attached hydrogens (tertiary/aromatic N) is 1. The van der Waals surface area contributed by atoms with Gasteiger partial charge in [-0.1, -0.05) is 13.8 Å². The summed E-state index contributed by atoms with van der Waals surface area (Å²) < 4.78 is 0. The molecule has 2 aliphatic rings. The van der Waals surface area contributed by atoms with Crippen LogP contribution in [-0.2, 0) is 4.79 Å². The summed E-state index contributed by atoms with van der Waals surface area (Å²) in [6.45, 7) is 8.80. The Morgan fingerprint density at radius 2 is 1.89 bits per heavy atom. The first-order chi connectivity index (χ1) is 9.16. The highest BCUT2D eigenvalue weighted by atomic mass is 16.2. The molecule has 0 aliphatic carbocycles. The number of hydrogen-bond acceptors (Lipinski definition) is 2. The lowest BCUT2D eigenvalue weighted by molar-refractivity contribution is -0.132. The average Bonchev–Trinajstić information content (AvgIpc) is 2.65. The quantitative estimate of drug-likeness (QED) is 0.852. The van der Waals surface area contributed by atoms with Crippen LogP contribution in [0.25, 0.3) is 0 Å². The standard InChI is InChI=1S/C16H30N2O/c1-13(2)15-4-3-10-18(11-7-15)16(19)12-14-5-8-17-9-6-14/h13-15,17H,3-12H2,1-2H3. The van der Waals surface area contributed by atoms with E-state index in [0.29, 0.717) is 11.8 Å². The molecule has 2 fully saturated rings. The molecular formula is C16H30N2O. The van der Waals surface area contributed by atoms with Gasteiger partial charge in [-0.05, 0) is 62.9 Å². The number of nitrogens with one attached hydrogen (secondary N) is 1. The second-order valence-corrected chi connectivity index (χ2v) is 6.71. The number of likely N-dealkylation sites (tertiary alicyclic amines) is 1. The molecule has 2 rings (SSSR count). The van der Waals surface area contributed by atoms with Crippen molar-refractivity contribution in [2.24, 2.45) is 17.8 Å². The molecule has 1 N–H and O–H groups in total. The number of carbonyl (C=O) groups is 1. The van der Waals surface area contributed by atoms with E-state index >= 15 is 0 Å². The predicted molar refractivity (Wildman–Crippen MR) is 79.0 cm³/mol. The summed E-state index contributed by atoms with van der Waals surface area (Å²) in [5.41, 5.74) is 0. The fourth-order valence-electron chi connectivity index (χ4n) is 3.50. The fraction of sp³-hybridized carbons (Fsp3) is 0.938. The molecule has 2 saturated heterocycles. The summed E-state index contributed by atoms with van der Waals surface area (Å²) in [6, 6.07) is 0. The largest absolute Gasteiger partial charge is 0.343 e. The van der Waals surface area contributed by atoms with Crippen molar-refractivity contribution in [3.63, 3.8) is 0 Å². The van der Waals surface area contributed by atoms with Crippen molar-refractivity contribution in [3.05, 3.63) is 0 Å². The maximum atomic E-state index is 12.4. The number of piperidine rings is 1. The predicted octanol–water partition coefficient (Wildman–Crippen LogP) is 2.66. The molecule has 0 spiro atoms. The van der Waals surface area contributed by atoms with E-state index in [1.807, 2.05) is 0 Å². The summed E-state index contributed by atoms with van der Waals surface area (Å²) in [5.74, 6) is 2.62. The van der Waals surface area contributed by atoms with Crippen molar-refractivity contribution in [1.29, 1.82) is 0 Å². The highest BCUT2D eigenvalue weighted by Gasteiger charge is 2.24. The zero-order chi connectivity index (χ0) is 13.7. The molecule has 0 bridgehead atoms. The molecule has 0 aromatic heterocycles. The van der Waals surface area contributed by atoms with E-state index in [-0.39, 0.29) is 0 Å². The molecule has 3 heteroatoms. The molecule has 1 atom stereocenters. The summed E-state index contributed by atoms with van der Waals surface area (Å²) in [6.07, 6.45) is 6.83. The molecule has 2 heterocycles. The third-order valence-corrected chi connectivity index (χ3v) is 4.99. The van der Waals surface area contributed by atoms with Gasteiger partial charge in [0.05, 0.1) is 0 Å². The van der Waals surface area contributed by atoms with Gasteiger partial charge >= 0.3 is 0 Å². The van der Waals surface area contributed by atoms with Crippen LogP contribution in [0.4, 0.5) is 0 Å². The second-order valence-electron chi connectivity index (χ2n) is 6.71. The van der Waals surface area contributed by atoms with E-state index in [9.17, 15) is 4.79 Å². The Labute approximate surface area is 118 Å². The Kier molecular flexibility index (Phi) is 5.68. The van der Waals surface area contributed by atoms with Gasteiger partial charge < -0.3 is 10.2 Å². The molecule has 0 radical (unpaired) electrons. The Hall–Kier alpha value is -0.570. The third kappa shape index (κ3) is 4.48. The average molecular weight is 266 g/mol. The van der Waals surface area contributed by atoms with Crippen molar-refractivity contribution >= 4 is 5.91 Å². The van der Waals surface area contributed by atoms with E-state index in [4.69, 9.17) is 0 Å². The van der Waals surface area contributed by atoms with E-state index < -0.39 is 0 Å². The van der Waals surface area contributed by atoms with Gasteiger partial charge in [0.15, 0.2) is 0 Å². The topological polar surface area (TPSA) is 32.3 Å². The van der Waals surface area contributed by atoms with Gasteiger partial charge in [0.1, 0.15) is 0 Å².